The highest BCUT2D eigenvalue weighted by molar-refractivity contribution is 7.89. The number of esters is 1. The summed E-state index contributed by atoms with van der Waals surface area (Å²) < 4.78 is 43.9. The summed E-state index contributed by atoms with van der Waals surface area (Å²) in [5.74, 6) is 0.499. The fourth-order valence-electron chi connectivity index (χ4n) is 2.42. The third-order valence-corrected chi connectivity index (χ3v) is 4.83. The summed E-state index contributed by atoms with van der Waals surface area (Å²) in [5.41, 5.74) is 1.51. The fraction of sp³-hybridized carbons (Fsp3) is 0.278. The van der Waals surface area contributed by atoms with E-state index >= 15 is 0 Å². The van der Waals surface area contributed by atoms with Crippen LogP contribution in [-0.4, -0.2) is 35.7 Å². The van der Waals surface area contributed by atoms with Gasteiger partial charge in [-0.1, -0.05) is 0 Å². The fourth-order valence-corrected chi connectivity index (χ4v) is 2.96. The number of hydrogen-bond donors (Lipinski definition) is 1. The summed E-state index contributed by atoms with van der Waals surface area (Å²) in [6.45, 7) is 1.79. The van der Waals surface area contributed by atoms with Gasteiger partial charge >= 0.3 is 5.97 Å². The van der Waals surface area contributed by atoms with Gasteiger partial charge in [0.2, 0.25) is 10.0 Å². The maximum atomic E-state index is 12.5. The zero-order chi connectivity index (χ0) is 20.2. The van der Waals surface area contributed by atoms with E-state index in [4.69, 9.17) is 24.1 Å². The van der Waals surface area contributed by atoms with Gasteiger partial charge in [-0.2, -0.15) is 0 Å². The van der Waals surface area contributed by atoms with Gasteiger partial charge in [-0.15, -0.1) is 0 Å². The van der Waals surface area contributed by atoms with Crippen LogP contribution in [0.2, 0.25) is 0 Å². The average molecular weight is 395 g/mol. The quantitative estimate of drug-likeness (QED) is 0.713. The van der Waals surface area contributed by atoms with Crippen molar-refractivity contribution in [3.8, 4) is 17.2 Å². The maximum Gasteiger partial charge on any atom is 0.342 e. The average Bonchev–Trinajstić information content (AvgIpc) is 2.65. The number of ether oxygens (including phenoxy) is 4. The number of nitrogens with two attached hydrogens (primary N) is 1. The molecule has 2 aromatic carbocycles. The Kier molecular flexibility index (Phi) is 6.29. The van der Waals surface area contributed by atoms with Crippen LogP contribution >= 0.6 is 0 Å². The predicted molar refractivity (Wildman–Crippen MR) is 97.8 cm³/mol. The number of methoxy groups -OCH3 is 3. The lowest BCUT2D eigenvalue weighted by atomic mass is 10.1. The van der Waals surface area contributed by atoms with Crippen molar-refractivity contribution in [3.05, 3.63) is 47.0 Å². The third-order valence-electron chi connectivity index (χ3n) is 3.92. The van der Waals surface area contributed by atoms with Crippen molar-refractivity contribution < 1.29 is 32.2 Å². The molecule has 0 radical (unpaired) electrons. The van der Waals surface area contributed by atoms with Gasteiger partial charge in [-0.05, 0) is 48.4 Å². The topological polar surface area (TPSA) is 114 Å². The Balaban J connectivity index is 2.28. The Morgan fingerprint density at radius 1 is 0.963 bits per heavy atom. The van der Waals surface area contributed by atoms with Gasteiger partial charge in [0.25, 0.3) is 0 Å². The highest BCUT2D eigenvalue weighted by Gasteiger charge is 2.19. The zero-order valence-corrected chi connectivity index (χ0v) is 16.3. The minimum Gasteiger partial charge on any atom is -0.496 e. The Labute approximate surface area is 157 Å². The number of aryl methyl sites for hydroxylation is 1. The van der Waals surface area contributed by atoms with Crippen molar-refractivity contribution in [2.45, 2.75) is 18.4 Å². The third kappa shape index (κ3) is 4.69. The smallest absolute Gasteiger partial charge is 0.342 e. The minimum absolute atomic E-state index is 0.0397. The lowest BCUT2D eigenvalue weighted by Gasteiger charge is -2.14. The predicted octanol–water partition coefficient (Wildman–Crippen LogP) is 2.03. The van der Waals surface area contributed by atoms with Gasteiger partial charge in [0.05, 0.1) is 26.2 Å². The van der Waals surface area contributed by atoms with E-state index in [1.807, 2.05) is 6.92 Å². The largest absolute Gasteiger partial charge is 0.496 e. The van der Waals surface area contributed by atoms with Crippen LogP contribution in [0, 0.1) is 6.92 Å². The highest BCUT2D eigenvalue weighted by atomic mass is 32.2. The number of hydrogen-bond acceptors (Lipinski definition) is 7. The van der Waals surface area contributed by atoms with E-state index < -0.39 is 16.0 Å². The van der Waals surface area contributed by atoms with E-state index in [-0.39, 0.29) is 22.8 Å². The van der Waals surface area contributed by atoms with E-state index in [1.54, 1.807) is 12.1 Å². The molecular weight excluding hydrogens is 374 g/mol. The molecular formula is C18H21NO7S. The van der Waals surface area contributed by atoms with E-state index in [0.717, 1.165) is 11.6 Å². The minimum atomic E-state index is -3.97. The number of rotatable bonds is 7. The SMILES string of the molecule is COc1cc(C)c(COC(=O)c2cc(S(N)(=O)=O)ccc2OC)cc1OC. The van der Waals surface area contributed by atoms with Crippen LogP contribution in [0.1, 0.15) is 21.5 Å². The van der Waals surface area contributed by atoms with Gasteiger partial charge in [-0.25, -0.2) is 18.4 Å². The standard InChI is InChI=1S/C18H21NO7S/c1-11-7-16(24-3)17(25-4)8-12(11)10-26-18(20)14-9-13(27(19,21)22)5-6-15(14)23-2/h5-9H,10H2,1-4H3,(H2,19,21,22). The first-order valence-corrected chi connectivity index (χ1v) is 9.35. The molecule has 2 aromatic rings. The Morgan fingerprint density at radius 3 is 2.11 bits per heavy atom. The molecule has 0 aliphatic heterocycles. The molecule has 0 saturated carbocycles. The van der Waals surface area contributed by atoms with Crippen LogP contribution in [0.4, 0.5) is 0 Å². The summed E-state index contributed by atoms with van der Waals surface area (Å²) in [6.07, 6.45) is 0. The molecule has 0 heterocycles. The molecule has 0 saturated heterocycles. The normalized spacial score (nSPS) is 11.0. The van der Waals surface area contributed by atoms with E-state index in [0.29, 0.717) is 17.1 Å². The molecule has 146 valence electrons. The van der Waals surface area contributed by atoms with Crippen molar-refractivity contribution in [2.24, 2.45) is 5.14 Å². The van der Waals surface area contributed by atoms with Gasteiger partial charge in [0, 0.05) is 0 Å². The first-order chi connectivity index (χ1) is 12.7. The van der Waals surface area contributed by atoms with Crippen LogP contribution < -0.4 is 19.3 Å². The molecule has 27 heavy (non-hydrogen) atoms. The molecule has 0 aromatic heterocycles. The number of benzene rings is 2. The molecule has 0 unspecified atom stereocenters. The number of primary sulfonamides is 1. The van der Waals surface area contributed by atoms with Crippen molar-refractivity contribution in [2.75, 3.05) is 21.3 Å². The highest BCUT2D eigenvalue weighted by Crippen LogP contribution is 2.31. The zero-order valence-electron chi connectivity index (χ0n) is 15.4. The Morgan fingerprint density at radius 2 is 1.56 bits per heavy atom. The molecule has 0 aliphatic carbocycles. The maximum absolute atomic E-state index is 12.5. The van der Waals surface area contributed by atoms with Crippen molar-refractivity contribution in [1.29, 1.82) is 0 Å². The second-order valence-electron chi connectivity index (χ2n) is 5.62. The van der Waals surface area contributed by atoms with Crippen molar-refractivity contribution in [1.82, 2.24) is 0 Å². The monoisotopic (exact) mass is 395 g/mol. The molecule has 0 fully saturated rings. The number of carbonyl (C=O) groups excluding carboxylic acids is 1. The molecule has 9 heteroatoms. The second kappa shape index (κ2) is 8.28. The molecule has 2 N–H and O–H groups in total. The van der Waals surface area contributed by atoms with E-state index in [2.05, 4.69) is 0 Å². The lowest BCUT2D eigenvalue weighted by molar-refractivity contribution is 0.0468. The van der Waals surface area contributed by atoms with Crippen LogP contribution in [0.3, 0.4) is 0 Å². The van der Waals surface area contributed by atoms with Gasteiger partial charge < -0.3 is 18.9 Å². The van der Waals surface area contributed by atoms with E-state index in [1.165, 1.54) is 33.5 Å². The van der Waals surface area contributed by atoms with Crippen LogP contribution in [-0.2, 0) is 21.4 Å². The molecule has 8 nitrogen and oxygen atoms in total. The summed E-state index contributed by atoms with van der Waals surface area (Å²) in [4.78, 5) is 12.3. The van der Waals surface area contributed by atoms with Gasteiger partial charge in [0.1, 0.15) is 17.9 Å². The molecule has 0 spiro atoms. The van der Waals surface area contributed by atoms with Gasteiger partial charge in [-0.3, -0.25) is 0 Å². The summed E-state index contributed by atoms with van der Waals surface area (Å²) in [7, 11) is 0.430. The van der Waals surface area contributed by atoms with Crippen molar-refractivity contribution in [3.63, 3.8) is 0 Å². The molecule has 0 atom stereocenters. The van der Waals surface area contributed by atoms with Crippen LogP contribution in [0.25, 0.3) is 0 Å². The molecule has 0 bridgehead atoms. The van der Waals surface area contributed by atoms with E-state index in [9.17, 15) is 13.2 Å². The Hall–Kier alpha value is -2.78. The molecule has 2 rings (SSSR count). The molecule has 0 aliphatic rings. The summed E-state index contributed by atoms with van der Waals surface area (Å²) in [5, 5.41) is 5.12. The lowest BCUT2D eigenvalue weighted by Crippen LogP contribution is -2.14. The van der Waals surface area contributed by atoms with Crippen molar-refractivity contribution >= 4 is 16.0 Å². The summed E-state index contributed by atoms with van der Waals surface area (Å²) in [6, 6.07) is 7.20. The van der Waals surface area contributed by atoms with Crippen LogP contribution in [0.15, 0.2) is 35.2 Å². The number of carbonyl (C=O) groups is 1. The number of sulfonamides is 1. The molecule has 0 amide bonds. The second-order valence-corrected chi connectivity index (χ2v) is 7.18. The summed E-state index contributed by atoms with van der Waals surface area (Å²) >= 11 is 0. The first kappa shape index (κ1) is 20.5. The van der Waals surface area contributed by atoms with Gasteiger partial charge in [0.15, 0.2) is 11.5 Å². The first-order valence-electron chi connectivity index (χ1n) is 7.80. The Bertz CT molecular complexity index is 954. The van der Waals surface area contributed by atoms with Crippen LogP contribution in [0.5, 0.6) is 17.2 Å².